The first kappa shape index (κ1) is 17.1. The van der Waals surface area contributed by atoms with E-state index >= 15 is 0 Å². The van der Waals surface area contributed by atoms with Gasteiger partial charge in [0, 0.05) is 50.1 Å². The highest BCUT2D eigenvalue weighted by Gasteiger charge is 2.24. The zero-order valence-electron chi connectivity index (χ0n) is 16.1. The van der Waals surface area contributed by atoms with Crippen LogP contribution in [0.1, 0.15) is 30.0 Å². The molecule has 1 unspecified atom stereocenters. The molecule has 6 nitrogen and oxygen atoms in total. The summed E-state index contributed by atoms with van der Waals surface area (Å²) in [6, 6.07) is 14.9. The van der Waals surface area contributed by atoms with Gasteiger partial charge in [-0.15, -0.1) is 0 Å². The molecule has 3 aromatic heterocycles. The highest BCUT2D eigenvalue weighted by atomic mass is 15.3. The van der Waals surface area contributed by atoms with E-state index < -0.39 is 0 Å². The lowest BCUT2D eigenvalue weighted by Gasteiger charge is -2.33. The van der Waals surface area contributed by atoms with Crippen molar-refractivity contribution in [2.75, 3.05) is 13.1 Å². The Morgan fingerprint density at radius 3 is 2.86 bits per heavy atom. The van der Waals surface area contributed by atoms with Gasteiger partial charge in [-0.05, 0) is 31.0 Å². The van der Waals surface area contributed by atoms with E-state index in [0.717, 1.165) is 36.5 Å². The van der Waals surface area contributed by atoms with Gasteiger partial charge >= 0.3 is 0 Å². The maximum Gasteiger partial charge on any atom is 0.155 e. The van der Waals surface area contributed by atoms with Crippen LogP contribution in [0.5, 0.6) is 0 Å². The molecule has 1 atom stereocenters. The monoisotopic (exact) mass is 372 g/mol. The smallest absolute Gasteiger partial charge is 0.155 e. The molecule has 0 saturated carbocycles. The molecule has 1 aromatic carbocycles. The van der Waals surface area contributed by atoms with Crippen LogP contribution in [0.4, 0.5) is 0 Å². The molecule has 142 valence electrons. The van der Waals surface area contributed by atoms with E-state index in [1.165, 1.54) is 24.1 Å². The predicted octanol–water partition coefficient (Wildman–Crippen LogP) is 3.51. The molecule has 5 rings (SSSR count). The van der Waals surface area contributed by atoms with Crippen molar-refractivity contribution in [2.24, 2.45) is 7.05 Å². The molecule has 1 aliphatic heterocycles. The number of benzene rings is 1. The summed E-state index contributed by atoms with van der Waals surface area (Å²) in [6.07, 6.45) is 8.15. The van der Waals surface area contributed by atoms with Crippen LogP contribution in [0, 0.1) is 0 Å². The molecule has 4 heterocycles. The fraction of sp³-hybridized carbons (Fsp3) is 0.318. The van der Waals surface area contributed by atoms with Crippen LogP contribution >= 0.6 is 0 Å². The molecule has 0 aliphatic carbocycles. The van der Waals surface area contributed by atoms with Crippen molar-refractivity contribution in [3.8, 4) is 11.3 Å². The van der Waals surface area contributed by atoms with E-state index in [1.54, 1.807) is 4.68 Å². The number of likely N-dealkylation sites (tertiary alicyclic amines) is 1. The summed E-state index contributed by atoms with van der Waals surface area (Å²) in [6.45, 7) is 3.21. The van der Waals surface area contributed by atoms with Gasteiger partial charge in [-0.2, -0.15) is 10.2 Å². The van der Waals surface area contributed by atoms with Crippen LogP contribution in [-0.4, -0.2) is 42.4 Å². The van der Waals surface area contributed by atoms with Crippen LogP contribution in [0.3, 0.4) is 0 Å². The van der Waals surface area contributed by atoms with Crippen molar-refractivity contribution in [2.45, 2.75) is 25.3 Å². The first-order valence-corrected chi connectivity index (χ1v) is 9.86. The van der Waals surface area contributed by atoms with Gasteiger partial charge in [0.15, 0.2) is 5.65 Å². The minimum Gasteiger partial charge on any atom is -0.298 e. The maximum atomic E-state index is 4.86. The summed E-state index contributed by atoms with van der Waals surface area (Å²) in [5.41, 5.74) is 5.47. The second-order valence-electron chi connectivity index (χ2n) is 7.63. The fourth-order valence-corrected chi connectivity index (χ4v) is 4.20. The fourth-order valence-electron chi connectivity index (χ4n) is 4.20. The molecule has 1 saturated heterocycles. The van der Waals surface area contributed by atoms with E-state index in [4.69, 9.17) is 5.10 Å². The Morgan fingerprint density at radius 2 is 2.04 bits per heavy atom. The van der Waals surface area contributed by atoms with E-state index in [9.17, 15) is 0 Å². The summed E-state index contributed by atoms with van der Waals surface area (Å²) in [5, 5.41) is 9.13. The summed E-state index contributed by atoms with van der Waals surface area (Å²) in [7, 11) is 1.92. The van der Waals surface area contributed by atoms with Crippen molar-refractivity contribution in [1.82, 2.24) is 29.3 Å². The lowest BCUT2D eigenvalue weighted by Crippen LogP contribution is -2.34. The van der Waals surface area contributed by atoms with Crippen molar-refractivity contribution in [1.29, 1.82) is 0 Å². The molecule has 0 N–H and O–H groups in total. The number of aryl methyl sites for hydroxylation is 1. The third-order valence-corrected chi connectivity index (χ3v) is 5.56. The maximum absolute atomic E-state index is 4.86. The third-order valence-electron chi connectivity index (χ3n) is 5.56. The Morgan fingerprint density at radius 1 is 1.14 bits per heavy atom. The normalized spacial score (nSPS) is 18.0. The zero-order valence-corrected chi connectivity index (χ0v) is 16.1. The minimum absolute atomic E-state index is 0.463. The number of nitrogens with zero attached hydrogens (tertiary/aromatic N) is 6. The average Bonchev–Trinajstić information content (AvgIpc) is 3.35. The van der Waals surface area contributed by atoms with Gasteiger partial charge in [0.2, 0.25) is 0 Å². The number of aromatic nitrogens is 5. The minimum atomic E-state index is 0.463. The van der Waals surface area contributed by atoms with Crippen LogP contribution < -0.4 is 0 Å². The topological polar surface area (TPSA) is 51.2 Å². The Balaban J connectivity index is 1.42. The van der Waals surface area contributed by atoms with E-state index in [0.29, 0.717) is 5.92 Å². The summed E-state index contributed by atoms with van der Waals surface area (Å²) in [5.74, 6) is 0.463. The summed E-state index contributed by atoms with van der Waals surface area (Å²) in [4.78, 5) is 7.09. The standard InChI is InChI=1S/C22H24N6/c1-26-15-19(13-24-26)20-12-22-23-10-9-21(28(22)25-20)18-8-5-11-27(16-18)14-17-6-3-2-4-7-17/h2-4,6-7,9-10,12-13,15,18H,5,8,11,14,16H2,1H3. The Hall–Kier alpha value is -2.99. The molecular weight excluding hydrogens is 348 g/mol. The highest BCUT2D eigenvalue weighted by Crippen LogP contribution is 2.29. The Labute approximate surface area is 164 Å². The molecule has 4 aromatic rings. The number of rotatable bonds is 4. The van der Waals surface area contributed by atoms with Crippen molar-refractivity contribution < 1.29 is 0 Å². The second kappa shape index (κ2) is 7.20. The molecule has 0 amide bonds. The third kappa shape index (κ3) is 3.31. The second-order valence-corrected chi connectivity index (χ2v) is 7.63. The van der Waals surface area contributed by atoms with Gasteiger partial charge in [0.1, 0.15) is 0 Å². The highest BCUT2D eigenvalue weighted by molar-refractivity contribution is 5.62. The van der Waals surface area contributed by atoms with Gasteiger partial charge < -0.3 is 0 Å². The van der Waals surface area contributed by atoms with Gasteiger partial charge in [-0.25, -0.2) is 9.50 Å². The number of piperidine rings is 1. The van der Waals surface area contributed by atoms with Crippen molar-refractivity contribution >= 4 is 5.65 Å². The SMILES string of the molecule is Cn1cc(-c2cc3nccc(C4CCCN(Cc5ccccc5)C4)n3n2)cn1. The molecule has 1 aliphatic rings. The molecular formula is C22H24N6. The van der Waals surface area contributed by atoms with E-state index in [2.05, 4.69) is 51.4 Å². The lowest BCUT2D eigenvalue weighted by molar-refractivity contribution is 0.197. The van der Waals surface area contributed by atoms with Gasteiger partial charge in [-0.3, -0.25) is 9.58 Å². The zero-order chi connectivity index (χ0) is 18.9. The quantitative estimate of drug-likeness (QED) is 0.550. The molecule has 28 heavy (non-hydrogen) atoms. The van der Waals surface area contributed by atoms with Crippen LogP contribution in [-0.2, 0) is 13.6 Å². The van der Waals surface area contributed by atoms with Crippen molar-refractivity contribution in [3.63, 3.8) is 0 Å². The largest absolute Gasteiger partial charge is 0.298 e. The summed E-state index contributed by atoms with van der Waals surface area (Å²) >= 11 is 0. The Bertz CT molecular complexity index is 1080. The van der Waals surface area contributed by atoms with E-state index in [-0.39, 0.29) is 0 Å². The molecule has 0 radical (unpaired) electrons. The predicted molar refractivity (Wildman–Crippen MR) is 109 cm³/mol. The number of fused-ring (bicyclic) bond motifs is 1. The van der Waals surface area contributed by atoms with Crippen molar-refractivity contribution in [3.05, 3.63) is 72.3 Å². The van der Waals surface area contributed by atoms with Gasteiger partial charge in [-0.1, -0.05) is 30.3 Å². The number of hydrogen-bond donors (Lipinski definition) is 0. The van der Waals surface area contributed by atoms with Crippen LogP contribution in [0.25, 0.3) is 16.9 Å². The first-order chi connectivity index (χ1) is 13.8. The lowest BCUT2D eigenvalue weighted by atomic mass is 9.94. The average molecular weight is 372 g/mol. The molecule has 0 bridgehead atoms. The van der Waals surface area contributed by atoms with Crippen LogP contribution in [0.15, 0.2) is 61.1 Å². The molecule has 1 fully saturated rings. The van der Waals surface area contributed by atoms with Crippen LogP contribution in [0.2, 0.25) is 0 Å². The summed E-state index contributed by atoms with van der Waals surface area (Å²) < 4.78 is 3.83. The van der Waals surface area contributed by atoms with E-state index in [1.807, 2.05) is 36.2 Å². The molecule has 6 heteroatoms. The number of hydrogen-bond acceptors (Lipinski definition) is 4. The Kier molecular flexibility index (Phi) is 4.41. The van der Waals surface area contributed by atoms with Gasteiger partial charge in [0.25, 0.3) is 0 Å². The molecule has 0 spiro atoms. The first-order valence-electron chi connectivity index (χ1n) is 9.86. The van der Waals surface area contributed by atoms with Gasteiger partial charge in [0.05, 0.1) is 17.6 Å².